The minimum absolute atomic E-state index is 0.150. The van der Waals surface area contributed by atoms with Gasteiger partial charge in [-0.3, -0.25) is 9.36 Å². The van der Waals surface area contributed by atoms with Gasteiger partial charge in [-0.15, -0.1) is 6.58 Å². The summed E-state index contributed by atoms with van der Waals surface area (Å²) in [5, 5.41) is 2.77. The summed E-state index contributed by atoms with van der Waals surface area (Å²) in [5.41, 5.74) is 2.41. The Morgan fingerprint density at radius 1 is 1.13 bits per heavy atom. The van der Waals surface area contributed by atoms with E-state index in [0.717, 1.165) is 0 Å². The van der Waals surface area contributed by atoms with Gasteiger partial charge in [0.1, 0.15) is 0 Å². The first-order valence-electron chi connectivity index (χ1n) is 9.43. The van der Waals surface area contributed by atoms with Gasteiger partial charge in [0, 0.05) is 25.2 Å². The molecule has 1 amide bonds. The molecule has 0 aliphatic heterocycles. The van der Waals surface area contributed by atoms with E-state index in [4.69, 9.17) is 4.42 Å². The lowest BCUT2D eigenvalue weighted by atomic mass is 10.2. The van der Waals surface area contributed by atoms with Gasteiger partial charge < -0.3 is 9.73 Å². The number of carbonyl (C=O) groups excluding carboxylic acids is 1. The number of hydrogen-bond donors (Lipinski definition) is 2. The number of para-hydroxylation sites is 2. The van der Waals surface area contributed by atoms with Crippen LogP contribution in [0.5, 0.6) is 0 Å². The summed E-state index contributed by atoms with van der Waals surface area (Å²) >= 11 is 0. The van der Waals surface area contributed by atoms with Crippen LogP contribution in [0.2, 0.25) is 0 Å². The number of nitrogens with zero attached hydrogens (tertiary/aromatic N) is 1. The molecule has 3 rings (SSSR count). The second-order valence-electron chi connectivity index (χ2n) is 6.73. The SMILES string of the molecule is C=CCNS(=O)(=O)Cc1ccc(NC(=O)CCCn2c(=O)oc3ccccc32)cc1. The van der Waals surface area contributed by atoms with Crippen LogP contribution >= 0.6 is 0 Å². The second-order valence-corrected chi connectivity index (χ2v) is 8.54. The average molecular weight is 429 g/mol. The molecule has 0 bridgehead atoms. The van der Waals surface area contributed by atoms with Crippen LogP contribution in [0.4, 0.5) is 5.69 Å². The van der Waals surface area contributed by atoms with Gasteiger partial charge in [0.25, 0.3) is 0 Å². The Hall–Kier alpha value is -3.17. The van der Waals surface area contributed by atoms with E-state index in [0.29, 0.717) is 35.3 Å². The Labute approximate surface area is 174 Å². The molecule has 0 saturated heterocycles. The zero-order chi connectivity index (χ0) is 21.6. The van der Waals surface area contributed by atoms with E-state index in [2.05, 4.69) is 16.6 Å². The third-order valence-corrected chi connectivity index (χ3v) is 5.72. The Bertz CT molecular complexity index is 1190. The maximum absolute atomic E-state index is 12.2. The monoisotopic (exact) mass is 429 g/mol. The molecular formula is C21H23N3O5S. The molecule has 0 atom stereocenters. The molecule has 1 heterocycles. The number of benzene rings is 2. The predicted molar refractivity (Wildman–Crippen MR) is 116 cm³/mol. The highest BCUT2D eigenvalue weighted by Crippen LogP contribution is 2.14. The fourth-order valence-electron chi connectivity index (χ4n) is 2.99. The first-order valence-corrected chi connectivity index (χ1v) is 11.1. The molecule has 1 aromatic heterocycles. The molecule has 2 N–H and O–H groups in total. The molecule has 158 valence electrons. The number of nitrogens with one attached hydrogen (secondary N) is 2. The molecule has 0 aliphatic rings. The summed E-state index contributed by atoms with van der Waals surface area (Å²) < 4.78 is 32.9. The van der Waals surface area contributed by atoms with Gasteiger partial charge in [0.05, 0.1) is 11.3 Å². The van der Waals surface area contributed by atoms with Crippen LogP contribution in [0.1, 0.15) is 18.4 Å². The molecule has 0 fully saturated rings. The van der Waals surface area contributed by atoms with Crippen molar-refractivity contribution < 1.29 is 17.6 Å². The van der Waals surface area contributed by atoms with Gasteiger partial charge >= 0.3 is 5.76 Å². The van der Waals surface area contributed by atoms with Gasteiger partial charge in [-0.05, 0) is 36.2 Å². The lowest BCUT2D eigenvalue weighted by Gasteiger charge is -2.08. The highest BCUT2D eigenvalue weighted by Gasteiger charge is 2.11. The number of aryl methyl sites for hydroxylation is 1. The molecule has 0 spiro atoms. The smallest absolute Gasteiger partial charge is 0.408 e. The van der Waals surface area contributed by atoms with E-state index in [1.165, 1.54) is 10.6 Å². The molecule has 8 nitrogen and oxygen atoms in total. The molecule has 3 aromatic rings. The molecule has 0 saturated carbocycles. The molecule has 2 aromatic carbocycles. The van der Waals surface area contributed by atoms with E-state index in [1.807, 2.05) is 6.07 Å². The summed E-state index contributed by atoms with van der Waals surface area (Å²) in [6, 6.07) is 13.8. The van der Waals surface area contributed by atoms with Crippen molar-refractivity contribution in [1.29, 1.82) is 0 Å². The van der Waals surface area contributed by atoms with Crippen molar-refractivity contribution in [3.63, 3.8) is 0 Å². The van der Waals surface area contributed by atoms with Crippen LogP contribution in [-0.4, -0.2) is 25.4 Å². The Morgan fingerprint density at radius 2 is 1.87 bits per heavy atom. The number of sulfonamides is 1. The van der Waals surface area contributed by atoms with E-state index in [1.54, 1.807) is 42.5 Å². The second kappa shape index (κ2) is 9.55. The van der Waals surface area contributed by atoms with Crippen molar-refractivity contribution in [2.45, 2.75) is 25.1 Å². The Balaban J connectivity index is 1.51. The Kier molecular flexibility index (Phi) is 6.86. The Morgan fingerprint density at radius 3 is 2.60 bits per heavy atom. The summed E-state index contributed by atoms with van der Waals surface area (Å²) in [6.45, 7) is 4.03. The number of aromatic nitrogens is 1. The molecule has 0 aliphatic carbocycles. The highest BCUT2D eigenvalue weighted by atomic mass is 32.2. The molecule has 0 unspecified atom stereocenters. The van der Waals surface area contributed by atoms with Crippen molar-refractivity contribution in [2.75, 3.05) is 11.9 Å². The van der Waals surface area contributed by atoms with Crippen LogP contribution in [0.25, 0.3) is 11.1 Å². The molecule has 9 heteroatoms. The van der Waals surface area contributed by atoms with Gasteiger partial charge in [0.15, 0.2) is 5.58 Å². The van der Waals surface area contributed by atoms with E-state index >= 15 is 0 Å². The number of rotatable bonds is 10. The van der Waals surface area contributed by atoms with Crippen LogP contribution in [-0.2, 0) is 27.1 Å². The maximum atomic E-state index is 12.2. The van der Waals surface area contributed by atoms with Crippen LogP contribution in [0, 0.1) is 0 Å². The number of fused-ring (bicyclic) bond motifs is 1. The fraction of sp³-hybridized carbons (Fsp3) is 0.238. The summed E-state index contributed by atoms with van der Waals surface area (Å²) in [4.78, 5) is 24.1. The highest BCUT2D eigenvalue weighted by molar-refractivity contribution is 7.88. The summed E-state index contributed by atoms with van der Waals surface area (Å²) in [7, 11) is -3.43. The van der Waals surface area contributed by atoms with Crippen molar-refractivity contribution in [3.05, 3.63) is 77.3 Å². The van der Waals surface area contributed by atoms with Gasteiger partial charge in [0.2, 0.25) is 15.9 Å². The number of oxazole rings is 1. The van der Waals surface area contributed by atoms with E-state index in [-0.39, 0.29) is 24.6 Å². The molecular weight excluding hydrogens is 406 g/mol. The van der Waals surface area contributed by atoms with Crippen molar-refractivity contribution >= 4 is 32.7 Å². The summed E-state index contributed by atoms with van der Waals surface area (Å²) in [5.74, 6) is -0.781. The fourth-order valence-corrected chi connectivity index (χ4v) is 4.09. The first-order chi connectivity index (χ1) is 14.4. The molecule has 30 heavy (non-hydrogen) atoms. The van der Waals surface area contributed by atoms with Crippen molar-refractivity contribution in [2.24, 2.45) is 0 Å². The van der Waals surface area contributed by atoms with E-state index in [9.17, 15) is 18.0 Å². The van der Waals surface area contributed by atoms with Crippen LogP contribution in [0.3, 0.4) is 0 Å². The topological polar surface area (TPSA) is 110 Å². The van der Waals surface area contributed by atoms with Gasteiger partial charge in [-0.1, -0.05) is 30.3 Å². The quantitative estimate of drug-likeness (QED) is 0.482. The number of carbonyl (C=O) groups is 1. The third kappa shape index (κ3) is 5.68. The maximum Gasteiger partial charge on any atom is 0.419 e. The predicted octanol–water partition coefficient (Wildman–Crippen LogP) is 2.62. The standard InChI is InChI=1S/C21H23N3O5S/c1-2-13-22-30(27,28)15-16-9-11-17(12-10-16)23-20(25)8-5-14-24-18-6-3-4-7-19(18)29-21(24)26/h2-4,6-7,9-12,22H,1,5,8,13-15H2,(H,23,25). The van der Waals surface area contributed by atoms with Crippen LogP contribution < -0.4 is 15.8 Å². The normalized spacial score (nSPS) is 11.5. The van der Waals surface area contributed by atoms with Crippen molar-refractivity contribution in [3.8, 4) is 0 Å². The minimum Gasteiger partial charge on any atom is -0.408 e. The van der Waals surface area contributed by atoms with Crippen molar-refractivity contribution in [1.82, 2.24) is 9.29 Å². The number of amides is 1. The number of anilines is 1. The van der Waals surface area contributed by atoms with Crippen LogP contribution in [0.15, 0.2) is 70.4 Å². The molecule has 0 radical (unpaired) electrons. The van der Waals surface area contributed by atoms with Gasteiger partial charge in [-0.25, -0.2) is 17.9 Å². The largest absolute Gasteiger partial charge is 0.419 e. The lowest BCUT2D eigenvalue weighted by Crippen LogP contribution is -2.25. The zero-order valence-electron chi connectivity index (χ0n) is 16.3. The first kappa shape index (κ1) is 21.5. The third-order valence-electron chi connectivity index (χ3n) is 4.40. The average Bonchev–Trinajstić information content (AvgIpc) is 3.03. The zero-order valence-corrected chi connectivity index (χ0v) is 17.2. The number of hydrogen-bond acceptors (Lipinski definition) is 5. The summed E-state index contributed by atoms with van der Waals surface area (Å²) in [6.07, 6.45) is 2.18. The lowest BCUT2D eigenvalue weighted by molar-refractivity contribution is -0.116. The minimum atomic E-state index is -3.43. The van der Waals surface area contributed by atoms with Gasteiger partial charge in [-0.2, -0.15) is 0 Å². The van der Waals surface area contributed by atoms with E-state index < -0.39 is 15.8 Å².